The molecule has 0 N–H and O–H groups in total. The first kappa shape index (κ1) is 18.7. The molecule has 0 radical (unpaired) electrons. The lowest BCUT2D eigenvalue weighted by molar-refractivity contribution is -0.384. The highest BCUT2D eigenvalue weighted by Gasteiger charge is 2.22. The third-order valence-corrected chi connectivity index (χ3v) is 6.78. The summed E-state index contributed by atoms with van der Waals surface area (Å²) in [4.78, 5) is 31.2. The summed E-state index contributed by atoms with van der Waals surface area (Å²) in [5, 5.41) is 11.7. The molecule has 6 nitrogen and oxygen atoms in total. The van der Waals surface area contributed by atoms with Gasteiger partial charge in [0.15, 0.2) is 0 Å². The number of fused-ring (bicyclic) bond motifs is 3. The minimum absolute atomic E-state index is 0.0309. The highest BCUT2D eigenvalue weighted by Crippen LogP contribution is 2.35. The van der Waals surface area contributed by atoms with Crippen LogP contribution in [0, 0.1) is 10.1 Å². The van der Waals surface area contributed by atoms with Crippen LogP contribution in [0.2, 0.25) is 0 Å². The lowest BCUT2D eigenvalue weighted by Gasteiger charge is -2.14. The second-order valence-electron chi connectivity index (χ2n) is 7.51. The Bertz CT molecular complexity index is 1310. The number of benzene rings is 2. The van der Waals surface area contributed by atoms with E-state index in [4.69, 9.17) is 4.98 Å². The van der Waals surface area contributed by atoms with Gasteiger partial charge in [0, 0.05) is 22.6 Å². The lowest BCUT2D eigenvalue weighted by Crippen LogP contribution is -2.24. The molecule has 0 saturated heterocycles. The van der Waals surface area contributed by atoms with E-state index in [-0.39, 0.29) is 11.2 Å². The number of hydrogen-bond donors (Lipinski definition) is 0. The van der Waals surface area contributed by atoms with Crippen LogP contribution in [0.4, 0.5) is 5.69 Å². The zero-order valence-corrected chi connectivity index (χ0v) is 17.0. The van der Waals surface area contributed by atoms with Crippen LogP contribution >= 0.6 is 11.3 Å². The number of nitro benzene ring substituents is 1. The Morgan fingerprint density at radius 2 is 1.77 bits per heavy atom. The summed E-state index contributed by atoms with van der Waals surface area (Å²) in [5.74, 6) is 0.630. The molecule has 1 aliphatic carbocycles. The number of rotatable bonds is 4. The molecule has 0 atom stereocenters. The Morgan fingerprint density at radius 3 is 2.50 bits per heavy atom. The highest BCUT2D eigenvalue weighted by atomic mass is 32.1. The van der Waals surface area contributed by atoms with E-state index >= 15 is 0 Å². The molecule has 2 heterocycles. The largest absolute Gasteiger partial charge is 0.288 e. The molecule has 0 amide bonds. The van der Waals surface area contributed by atoms with Crippen LogP contribution in [0.3, 0.4) is 0 Å². The summed E-state index contributed by atoms with van der Waals surface area (Å²) in [6, 6.07) is 16.1. The minimum atomic E-state index is -0.420. The van der Waals surface area contributed by atoms with Crippen molar-refractivity contribution in [1.82, 2.24) is 9.55 Å². The third kappa shape index (κ3) is 3.21. The number of aryl methyl sites for hydroxylation is 2. The summed E-state index contributed by atoms with van der Waals surface area (Å²) in [5.41, 5.74) is 2.87. The van der Waals surface area contributed by atoms with E-state index in [1.165, 1.54) is 17.0 Å². The Morgan fingerprint density at radius 1 is 1.03 bits per heavy atom. The van der Waals surface area contributed by atoms with Gasteiger partial charge in [0.25, 0.3) is 11.2 Å². The number of thiophene rings is 1. The fourth-order valence-electron chi connectivity index (χ4n) is 4.10. The minimum Gasteiger partial charge on any atom is -0.288 e. The van der Waals surface area contributed by atoms with Gasteiger partial charge in [-0.05, 0) is 36.8 Å². The Hall–Kier alpha value is -3.32. The summed E-state index contributed by atoms with van der Waals surface area (Å²) in [6.45, 7) is 0.314. The Balaban J connectivity index is 1.70. The SMILES string of the molecule is O=c1c2c3c(sc2nc(-c2ccccc2)n1Cc1ccc([N+](=O)[O-])cc1)CCCC3. The molecule has 2 aromatic carbocycles. The molecule has 2 aromatic heterocycles. The van der Waals surface area contributed by atoms with Crippen LogP contribution in [-0.2, 0) is 19.4 Å². The molecule has 0 fully saturated rings. The van der Waals surface area contributed by atoms with Gasteiger partial charge in [0.2, 0.25) is 0 Å². The average Bonchev–Trinajstić information content (AvgIpc) is 3.15. The van der Waals surface area contributed by atoms with Gasteiger partial charge < -0.3 is 0 Å². The number of nitro groups is 1. The van der Waals surface area contributed by atoms with Gasteiger partial charge in [-0.1, -0.05) is 42.5 Å². The molecule has 0 bridgehead atoms. The van der Waals surface area contributed by atoms with E-state index in [9.17, 15) is 14.9 Å². The zero-order valence-electron chi connectivity index (χ0n) is 16.2. The van der Waals surface area contributed by atoms with Gasteiger partial charge in [0.05, 0.1) is 16.9 Å². The second kappa shape index (κ2) is 7.50. The fraction of sp³-hybridized carbons (Fsp3) is 0.217. The van der Waals surface area contributed by atoms with E-state index < -0.39 is 4.92 Å². The molecule has 4 aromatic rings. The summed E-state index contributed by atoms with van der Waals surface area (Å²) in [6.07, 6.45) is 4.19. The van der Waals surface area contributed by atoms with E-state index in [0.29, 0.717) is 12.4 Å². The standard InChI is InChI=1S/C23H19N3O3S/c27-23-20-18-8-4-5-9-19(18)30-22(20)24-21(16-6-2-1-3-7-16)25(23)14-15-10-12-17(13-11-15)26(28)29/h1-3,6-7,10-13H,4-5,8-9,14H2. The average molecular weight is 417 g/mol. The van der Waals surface area contributed by atoms with Crippen LogP contribution in [0.5, 0.6) is 0 Å². The third-order valence-electron chi connectivity index (χ3n) is 5.59. The maximum Gasteiger partial charge on any atom is 0.269 e. The van der Waals surface area contributed by atoms with E-state index in [0.717, 1.165) is 52.6 Å². The van der Waals surface area contributed by atoms with Crippen LogP contribution in [0.1, 0.15) is 28.8 Å². The molecular weight excluding hydrogens is 398 g/mol. The first-order valence-corrected chi connectivity index (χ1v) is 10.8. The second-order valence-corrected chi connectivity index (χ2v) is 8.59. The molecule has 30 heavy (non-hydrogen) atoms. The van der Waals surface area contributed by atoms with Gasteiger partial charge in [-0.15, -0.1) is 11.3 Å². The van der Waals surface area contributed by atoms with Crippen molar-refractivity contribution in [3.05, 3.63) is 91.1 Å². The molecule has 0 unspecified atom stereocenters. The number of non-ortho nitro benzene ring substituents is 1. The maximum absolute atomic E-state index is 13.7. The van der Waals surface area contributed by atoms with E-state index in [1.807, 2.05) is 30.3 Å². The van der Waals surface area contributed by atoms with Gasteiger partial charge in [0.1, 0.15) is 10.7 Å². The quantitative estimate of drug-likeness (QED) is 0.347. The van der Waals surface area contributed by atoms with Crippen molar-refractivity contribution < 1.29 is 4.92 Å². The van der Waals surface area contributed by atoms with Crippen molar-refractivity contribution in [1.29, 1.82) is 0 Å². The normalized spacial score (nSPS) is 13.3. The van der Waals surface area contributed by atoms with Crippen molar-refractivity contribution in [3.8, 4) is 11.4 Å². The maximum atomic E-state index is 13.7. The topological polar surface area (TPSA) is 78.0 Å². The monoisotopic (exact) mass is 417 g/mol. The van der Waals surface area contributed by atoms with Gasteiger partial charge >= 0.3 is 0 Å². The number of nitrogens with zero attached hydrogens (tertiary/aromatic N) is 3. The van der Waals surface area contributed by atoms with E-state index in [2.05, 4.69) is 0 Å². The van der Waals surface area contributed by atoms with Gasteiger partial charge in [-0.2, -0.15) is 0 Å². The van der Waals surface area contributed by atoms with Gasteiger partial charge in [-0.3, -0.25) is 19.5 Å². The van der Waals surface area contributed by atoms with Crippen LogP contribution in [0.25, 0.3) is 21.6 Å². The molecule has 1 aliphatic rings. The Kier molecular flexibility index (Phi) is 4.67. The first-order chi connectivity index (χ1) is 14.6. The zero-order chi connectivity index (χ0) is 20.7. The molecule has 150 valence electrons. The molecule has 7 heteroatoms. The first-order valence-electron chi connectivity index (χ1n) is 9.95. The predicted octanol–water partition coefficient (Wildman–Crippen LogP) is 4.96. The summed E-state index contributed by atoms with van der Waals surface area (Å²) in [7, 11) is 0. The Labute approximate surface area is 176 Å². The van der Waals surface area contributed by atoms with Crippen molar-refractivity contribution in [2.24, 2.45) is 0 Å². The molecular formula is C23H19N3O3S. The summed E-state index contributed by atoms with van der Waals surface area (Å²) >= 11 is 1.64. The smallest absolute Gasteiger partial charge is 0.269 e. The van der Waals surface area contributed by atoms with Crippen LogP contribution in [-0.4, -0.2) is 14.5 Å². The molecule has 0 aliphatic heterocycles. The van der Waals surface area contributed by atoms with Crippen molar-refractivity contribution in [3.63, 3.8) is 0 Å². The number of hydrogen-bond acceptors (Lipinski definition) is 5. The van der Waals surface area contributed by atoms with Crippen molar-refractivity contribution >= 4 is 27.2 Å². The fourth-order valence-corrected chi connectivity index (χ4v) is 5.35. The lowest BCUT2D eigenvalue weighted by atomic mass is 9.97. The summed E-state index contributed by atoms with van der Waals surface area (Å²) < 4.78 is 1.71. The molecule has 0 spiro atoms. The molecule has 0 saturated carbocycles. The predicted molar refractivity (Wildman–Crippen MR) is 118 cm³/mol. The van der Waals surface area contributed by atoms with Crippen molar-refractivity contribution in [2.45, 2.75) is 32.2 Å². The molecule has 5 rings (SSSR count). The van der Waals surface area contributed by atoms with Gasteiger partial charge in [-0.25, -0.2) is 4.98 Å². The van der Waals surface area contributed by atoms with Crippen LogP contribution < -0.4 is 5.56 Å². The van der Waals surface area contributed by atoms with Crippen LogP contribution in [0.15, 0.2) is 59.4 Å². The van der Waals surface area contributed by atoms with E-state index in [1.54, 1.807) is 28.0 Å². The van der Waals surface area contributed by atoms with Crippen molar-refractivity contribution in [2.75, 3.05) is 0 Å². The number of aromatic nitrogens is 2. The highest BCUT2D eigenvalue weighted by molar-refractivity contribution is 7.18.